The van der Waals surface area contributed by atoms with Crippen LogP contribution in [-0.4, -0.2) is 65.9 Å². The molecule has 2 aliphatic heterocycles. The summed E-state index contributed by atoms with van der Waals surface area (Å²) in [5, 5.41) is 12.4. The number of rotatable bonds is 5. The minimum absolute atomic E-state index is 0.0716. The molecule has 1 aliphatic carbocycles. The summed E-state index contributed by atoms with van der Waals surface area (Å²) in [4.78, 5) is 29.5. The number of piperidine rings is 1. The van der Waals surface area contributed by atoms with E-state index in [4.69, 9.17) is 5.73 Å². The molecule has 0 radical (unpaired) electrons. The molecular weight excluding hydrogens is 368 g/mol. The van der Waals surface area contributed by atoms with Crippen molar-refractivity contribution in [3.8, 4) is 6.07 Å². The van der Waals surface area contributed by atoms with Gasteiger partial charge in [-0.25, -0.2) is 14.8 Å². The number of nitrogens with two attached hydrogens (primary N) is 1. The van der Waals surface area contributed by atoms with E-state index in [1.54, 1.807) is 19.5 Å². The van der Waals surface area contributed by atoms with Gasteiger partial charge in [0.25, 0.3) is 0 Å². The number of hydrogen-bond acceptors (Lipinski definition) is 7. The lowest BCUT2D eigenvalue weighted by Crippen LogP contribution is -2.55. The molecular formula is C20H26N8O. The summed E-state index contributed by atoms with van der Waals surface area (Å²) < 4.78 is 0. The van der Waals surface area contributed by atoms with Crippen LogP contribution in [0.3, 0.4) is 0 Å². The van der Waals surface area contributed by atoms with Gasteiger partial charge in [0.2, 0.25) is 0 Å². The number of anilines is 1. The lowest BCUT2D eigenvalue weighted by Gasteiger charge is -2.44. The average Bonchev–Trinajstić information content (AvgIpc) is 3.53. The Balaban J connectivity index is 1.53. The number of hydrogen-bond donors (Lipinski definition) is 2. The highest BCUT2D eigenvalue weighted by molar-refractivity contribution is 6.09. The van der Waals surface area contributed by atoms with E-state index >= 15 is 0 Å². The molecule has 0 bridgehead atoms. The maximum atomic E-state index is 12.4. The van der Waals surface area contributed by atoms with E-state index in [1.165, 1.54) is 19.0 Å². The van der Waals surface area contributed by atoms with Crippen molar-refractivity contribution in [3.05, 3.63) is 23.8 Å². The van der Waals surface area contributed by atoms with E-state index < -0.39 is 0 Å². The number of amides is 2. The van der Waals surface area contributed by atoms with Gasteiger partial charge in [-0.1, -0.05) is 0 Å². The normalized spacial score (nSPS) is 21.7. The Labute approximate surface area is 170 Å². The molecule has 0 atom stereocenters. The SMILES string of the molecule is CN=CC(=CN)c1nc(N2CCC3(CC2)CNC(=O)N3CC2CC2)cnc1C#N. The van der Waals surface area contributed by atoms with Crippen LogP contribution in [0.4, 0.5) is 10.6 Å². The summed E-state index contributed by atoms with van der Waals surface area (Å²) in [5.41, 5.74) is 6.83. The molecule has 29 heavy (non-hydrogen) atoms. The zero-order valence-corrected chi connectivity index (χ0v) is 16.6. The molecule has 0 unspecified atom stereocenters. The fourth-order valence-corrected chi connectivity index (χ4v) is 4.22. The Morgan fingerprint density at radius 1 is 1.48 bits per heavy atom. The molecule has 9 heteroatoms. The van der Waals surface area contributed by atoms with Crippen LogP contribution in [0.5, 0.6) is 0 Å². The molecule has 1 spiro atoms. The highest BCUT2D eigenvalue weighted by Crippen LogP contribution is 2.38. The zero-order valence-electron chi connectivity index (χ0n) is 16.6. The van der Waals surface area contributed by atoms with Crippen LogP contribution in [0.15, 0.2) is 17.4 Å². The van der Waals surface area contributed by atoms with Crippen molar-refractivity contribution in [2.45, 2.75) is 31.2 Å². The zero-order chi connectivity index (χ0) is 20.4. The molecule has 0 aromatic carbocycles. The van der Waals surface area contributed by atoms with Crippen LogP contribution in [-0.2, 0) is 0 Å². The van der Waals surface area contributed by atoms with Gasteiger partial charge in [0.05, 0.1) is 11.7 Å². The summed E-state index contributed by atoms with van der Waals surface area (Å²) in [5.74, 6) is 1.38. The molecule has 3 N–H and O–H groups in total. The predicted molar refractivity (Wildman–Crippen MR) is 110 cm³/mol. The van der Waals surface area contributed by atoms with Crippen molar-refractivity contribution in [1.29, 1.82) is 5.26 Å². The molecule has 2 saturated heterocycles. The van der Waals surface area contributed by atoms with E-state index in [2.05, 4.69) is 36.1 Å². The van der Waals surface area contributed by atoms with Gasteiger partial charge in [-0.3, -0.25) is 4.99 Å². The third kappa shape index (κ3) is 3.62. The van der Waals surface area contributed by atoms with Crippen molar-refractivity contribution in [2.75, 3.05) is 38.1 Å². The first-order valence-corrected chi connectivity index (χ1v) is 10.0. The summed E-state index contributed by atoms with van der Waals surface area (Å²) in [6, 6.07) is 2.14. The number of aromatic nitrogens is 2. The van der Waals surface area contributed by atoms with Gasteiger partial charge in [-0.15, -0.1) is 0 Å². The first-order valence-electron chi connectivity index (χ1n) is 10.0. The second-order valence-electron chi connectivity index (χ2n) is 7.97. The Kier molecular flexibility index (Phi) is 5.09. The third-order valence-corrected chi connectivity index (χ3v) is 6.13. The van der Waals surface area contributed by atoms with Crippen LogP contribution < -0.4 is 16.0 Å². The number of urea groups is 1. The first kappa shape index (κ1) is 19.2. The van der Waals surface area contributed by atoms with E-state index in [9.17, 15) is 10.1 Å². The fraction of sp³-hybridized carbons (Fsp3) is 0.550. The van der Waals surface area contributed by atoms with Gasteiger partial charge in [0.15, 0.2) is 5.69 Å². The van der Waals surface area contributed by atoms with Gasteiger partial charge in [0, 0.05) is 51.2 Å². The van der Waals surface area contributed by atoms with Gasteiger partial charge in [-0.2, -0.15) is 5.26 Å². The average molecular weight is 394 g/mol. The van der Waals surface area contributed by atoms with Crippen LogP contribution in [0, 0.1) is 17.2 Å². The number of nitriles is 1. The largest absolute Gasteiger partial charge is 0.404 e. The maximum Gasteiger partial charge on any atom is 0.318 e. The minimum Gasteiger partial charge on any atom is -0.404 e. The first-order chi connectivity index (χ1) is 14.1. The minimum atomic E-state index is -0.101. The Bertz CT molecular complexity index is 890. The monoisotopic (exact) mass is 394 g/mol. The van der Waals surface area contributed by atoms with Crippen LogP contribution in [0.25, 0.3) is 5.57 Å². The molecule has 1 saturated carbocycles. The molecule has 3 fully saturated rings. The summed E-state index contributed by atoms with van der Waals surface area (Å²) in [7, 11) is 1.64. The van der Waals surface area contributed by atoms with Crippen LogP contribution in [0.1, 0.15) is 37.1 Å². The molecule has 1 aromatic heterocycles. The van der Waals surface area contributed by atoms with Gasteiger partial charge in [-0.05, 0) is 31.6 Å². The maximum absolute atomic E-state index is 12.4. The highest BCUT2D eigenvalue weighted by Gasteiger charge is 2.48. The Morgan fingerprint density at radius 3 is 2.86 bits per heavy atom. The topological polar surface area (TPSA) is 124 Å². The number of nitrogens with one attached hydrogen (secondary N) is 1. The van der Waals surface area contributed by atoms with Crippen molar-refractivity contribution < 1.29 is 4.79 Å². The van der Waals surface area contributed by atoms with Crippen molar-refractivity contribution >= 4 is 23.6 Å². The van der Waals surface area contributed by atoms with Crippen molar-refractivity contribution in [2.24, 2.45) is 16.6 Å². The molecule has 4 rings (SSSR count). The quantitative estimate of drug-likeness (QED) is 0.722. The number of carbonyl (C=O) groups excluding carboxylic acids is 1. The second kappa shape index (κ2) is 7.70. The molecule has 1 aromatic rings. The third-order valence-electron chi connectivity index (χ3n) is 6.13. The summed E-state index contributed by atoms with van der Waals surface area (Å²) >= 11 is 0. The molecule has 3 heterocycles. The van der Waals surface area contributed by atoms with Gasteiger partial charge >= 0.3 is 6.03 Å². The lowest BCUT2D eigenvalue weighted by molar-refractivity contribution is 0.127. The van der Waals surface area contributed by atoms with Crippen LogP contribution in [0.2, 0.25) is 0 Å². The second-order valence-corrected chi connectivity index (χ2v) is 7.97. The number of nitrogens with zero attached hydrogens (tertiary/aromatic N) is 6. The fourth-order valence-electron chi connectivity index (χ4n) is 4.22. The van der Waals surface area contributed by atoms with Crippen molar-refractivity contribution in [1.82, 2.24) is 20.2 Å². The molecule has 2 amide bonds. The van der Waals surface area contributed by atoms with E-state index in [-0.39, 0.29) is 17.3 Å². The van der Waals surface area contributed by atoms with Gasteiger partial charge < -0.3 is 20.9 Å². The van der Waals surface area contributed by atoms with E-state index in [1.807, 2.05) is 0 Å². The molecule has 3 aliphatic rings. The van der Waals surface area contributed by atoms with E-state index in [0.29, 0.717) is 29.5 Å². The standard InChI is InChI=1S/C20H26N8O/c1-23-10-15(8-21)18-16(9-22)24-11-17(26-18)27-6-4-20(5-7-27)13-25-19(29)28(20)12-14-2-3-14/h8,10-11,14H,2-7,12-13,21H2,1H3,(H,25,29). The summed E-state index contributed by atoms with van der Waals surface area (Å²) in [6.45, 7) is 3.14. The number of allylic oxidation sites excluding steroid dienone is 1. The Morgan fingerprint density at radius 2 is 2.24 bits per heavy atom. The van der Waals surface area contributed by atoms with Crippen molar-refractivity contribution in [3.63, 3.8) is 0 Å². The predicted octanol–water partition coefficient (Wildman–Crippen LogP) is 1.12. The summed E-state index contributed by atoms with van der Waals surface area (Å²) in [6.07, 6.45) is 8.82. The van der Waals surface area contributed by atoms with Gasteiger partial charge in [0.1, 0.15) is 17.6 Å². The lowest BCUT2D eigenvalue weighted by atomic mass is 9.86. The smallest absolute Gasteiger partial charge is 0.318 e. The Hall–Kier alpha value is -3.15. The number of aliphatic imine (C=N–C) groups is 1. The number of carbonyl (C=O) groups is 1. The molecule has 9 nitrogen and oxygen atoms in total. The van der Waals surface area contributed by atoms with Crippen LogP contribution >= 0.6 is 0 Å². The molecule has 152 valence electrons. The van der Waals surface area contributed by atoms with E-state index in [0.717, 1.165) is 32.5 Å². The highest BCUT2D eigenvalue weighted by atomic mass is 16.2.